The minimum Gasteiger partial charge on any atom is -0.379 e. The molecule has 158 valence electrons. The standard InChI is InChI=1S/C19H32ClN5O3/c1-3-28-15-6-10-18(2,11-7-15)24-12-8-14(9-13-24)22-19(21)16(25(26)27)4-5-17(20)23-19/h4-5,14-15,22-23H,3,6-13,21H2,1-2H3. The van der Waals surface area contributed by atoms with Gasteiger partial charge in [-0.25, -0.2) is 0 Å². The first-order chi connectivity index (χ1) is 13.3. The molecular formula is C19H32ClN5O3. The fourth-order valence-electron chi connectivity index (χ4n) is 4.71. The van der Waals surface area contributed by atoms with E-state index >= 15 is 0 Å². The van der Waals surface area contributed by atoms with Crippen LogP contribution >= 0.6 is 11.6 Å². The van der Waals surface area contributed by atoms with Crippen molar-refractivity contribution >= 4 is 11.6 Å². The summed E-state index contributed by atoms with van der Waals surface area (Å²) < 4.78 is 5.79. The van der Waals surface area contributed by atoms with E-state index in [1.165, 1.54) is 12.2 Å². The fourth-order valence-corrected chi connectivity index (χ4v) is 4.92. The normalized spacial score (nSPS) is 35.1. The number of dihydropyridines is 1. The van der Waals surface area contributed by atoms with Crippen LogP contribution in [0.15, 0.2) is 23.0 Å². The number of hydrogen-bond acceptors (Lipinski definition) is 7. The second-order valence-electron chi connectivity index (χ2n) is 8.31. The van der Waals surface area contributed by atoms with Gasteiger partial charge in [0.05, 0.1) is 11.0 Å². The van der Waals surface area contributed by atoms with Crippen LogP contribution in [0.4, 0.5) is 0 Å². The molecule has 0 amide bonds. The summed E-state index contributed by atoms with van der Waals surface area (Å²) in [5, 5.41) is 17.7. The van der Waals surface area contributed by atoms with Crippen LogP contribution in [0.3, 0.4) is 0 Å². The first-order valence-corrected chi connectivity index (χ1v) is 10.6. The number of nitro groups is 1. The molecule has 0 aromatic heterocycles. The fraction of sp³-hybridized carbons (Fsp3) is 0.789. The average Bonchev–Trinajstić information content (AvgIpc) is 2.64. The van der Waals surface area contributed by atoms with Crippen molar-refractivity contribution in [2.75, 3.05) is 19.7 Å². The molecule has 0 radical (unpaired) electrons. The number of hydrogen-bond donors (Lipinski definition) is 3. The SMILES string of the molecule is CCOC1CCC(C)(N2CCC(NC3(N)NC(Cl)=CC=C3[N+](=O)[O-])CC2)CC1. The summed E-state index contributed by atoms with van der Waals surface area (Å²) in [5.74, 6) is -1.46. The summed E-state index contributed by atoms with van der Waals surface area (Å²) in [7, 11) is 0. The number of rotatable bonds is 6. The Bertz CT molecular complexity index is 639. The lowest BCUT2D eigenvalue weighted by atomic mass is 9.79. The van der Waals surface area contributed by atoms with E-state index in [0.29, 0.717) is 6.10 Å². The van der Waals surface area contributed by atoms with E-state index in [-0.39, 0.29) is 22.4 Å². The predicted molar refractivity (Wildman–Crippen MR) is 109 cm³/mol. The Morgan fingerprint density at radius 2 is 2.00 bits per heavy atom. The van der Waals surface area contributed by atoms with E-state index in [1.54, 1.807) is 0 Å². The molecule has 9 heteroatoms. The molecule has 0 aromatic rings. The Balaban J connectivity index is 1.55. The van der Waals surface area contributed by atoms with E-state index in [9.17, 15) is 10.1 Å². The maximum absolute atomic E-state index is 11.4. The summed E-state index contributed by atoms with van der Waals surface area (Å²) in [6.45, 7) is 7.09. The number of halogens is 1. The van der Waals surface area contributed by atoms with Crippen LogP contribution < -0.4 is 16.4 Å². The molecule has 0 bridgehead atoms. The molecule has 28 heavy (non-hydrogen) atoms. The molecule has 1 saturated carbocycles. The molecular weight excluding hydrogens is 382 g/mol. The number of nitrogens with zero attached hydrogens (tertiary/aromatic N) is 2. The molecule has 2 aliphatic heterocycles. The number of ether oxygens (including phenoxy) is 1. The van der Waals surface area contributed by atoms with Crippen molar-refractivity contribution in [2.45, 2.75) is 75.8 Å². The van der Waals surface area contributed by atoms with E-state index in [4.69, 9.17) is 22.1 Å². The van der Waals surface area contributed by atoms with Crippen LogP contribution in [0.2, 0.25) is 0 Å². The van der Waals surface area contributed by atoms with Gasteiger partial charge in [-0.15, -0.1) is 0 Å². The highest BCUT2D eigenvalue weighted by Crippen LogP contribution is 2.36. The minimum absolute atomic E-state index is 0.0861. The molecule has 2 heterocycles. The monoisotopic (exact) mass is 413 g/mol. The Labute approximate surface area is 171 Å². The molecule has 0 aromatic carbocycles. The summed E-state index contributed by atoms with van der Waals surface area (Å²) in [4.78, 5) is 13.5. The number of allylic oxidation sites excluding steroid dienone is 2. The first kappa shape index (κ1) is 21.5. The molecule has 1 saturated heterocycles. The van der Waals surface area contributed by atoms with Gasteiger partial charge in [0.1, 0.15) is 5.16 Å². The summed E-state index contributed by atoms with van der Waals surface area (Å²) in [5.41, 5.74) is 6.37. The summed E-state index contributed by atoms with van der Waals surface area (Å²) in [6.07, 6.45) is 9.50. The average molecular weight is 414 g/mol. The van der Waals surface area contributed by atoms with Crippen molar-refractivity contribution in [2.24, 2.45) is 5.73 Å². The van der Waals surface area contributed by atoms with E-state index in [1.807, 2.05) is 0 Å². The topological polar surface area (TPSA) is 106 Å². The van der Waals surface area contributed by atoms with Crippen molar-refractivity contribution < 1.29 is 9.66 Å². The molecule has 1 unspecified atom stereocenters. The van der Waals surface area contributed by atoms with Gasteiger partial charge in [0.2, 0.25) is 5.79 Å². The molecule has 1 aliphatic carbocycles. The van der Waals surface area contributed by atoms with Gasteiger partial charge in [0.15, 0.2) is 0 Å². The quantitative estimate of drug-likeness (QED) is 0.265. The highest BCUT2D eigenvalue weighted by molar-refractivity contribution is 6.29. The smallest absolute Gasteiger partial charge is 0.301 e. The number of piperidine rings is 1. The van der Waals surface area contributed by atoms with Crippen LogP contribution in [0.1, 0.15) is 52.4 Å². The molecule has 1 atom stereocenters. The van der Waals surface area contributed by atoms with E-state index in [2.05, 4.69) is 29.4 Å². The molecule has 8 nitrogen and oxygen atoms in total. The number of likely N-dealkylation sites (tertiary alicyclic amines) is 1. The summed E-state index contributed by atoms with van der Waals surface area (Å²) in [6, 6.07) is 0.0861. The van der Waals surface area contributed by atoms with Crippen LogP contribution in [-0.4, -0.2) is 53.0 Å². The highest BCUT2D eigenvalue weighted by Gasteiger charge is 2.44. The van der Waals surface area contributed by atoms with Crippen LogP contribution in [-0.2, 0) is 4.74 Å². The van der Waals surface area contributed by atoms with Gasteiger partial charge in [0, 0.05) is 37.4 Å². The number of nitrogens with two attached hydrogens (primary N) is 1. The second kappa shape index (κ2) is 8.67. The summed E-state index contributed by atoms with van der Waals surface area (Å²) >= 11 is 6.01. The van der Waals surface area contributed by atoms with Gasteiger partial charge in [-0.1, -0.05) is 11.6 Å². The maximum Gasteiger partial charge on any atom is 0.301 e. The van der Waals surface area contributed by atoms with Gasteiger partial charge in [0.25, 0.3) is 0 Å². The third-order valence-corrected chi connectivity index (χ3v) is 6.63. The van der Waals surface area contributed by atoms with Crippen molar-refractivity contribution in [3.8, 4) is 0 Å². The third kappa shape index (κ3) is 4.68. The van der Waals surface area contributed by atoms with Crippen molar-refractivity contribution in [3.05, 3.63) is 33.1 Å². The molecule has 2 fully saturated rings. The lowest BCUT2D eigenvalue weighted by Gasteiger charge is -2.49. The van der Waals surface area contributed by atoms with Crippen molar-refractivity contribution in [3.63, 3.8) is 0 Å². The van der Waals surface area contributed by atoms with Crippen molar-refractivity contribution in [1.82, 2.24) is 15.5 Å². The maximum atomic E-state index is 11.4. The van der Waals surface area contributed by atoms with Gasteiger partial charge in [-0.05, 0) is 58.4 Å². The van der Waals surface area contributed by atoms with Gasteiger partial charge in [-0.2, -0.15) is 0 Å². The van der Waals surface area contributed by atoms with Gasteiger partial charge >= 0.3 is 5.70 Å². The van der Waals surface area contributed by atoms with E-state index < -0.39 is 10.7 Å². The predicted octanol–water partition coefficient (Wildman–Crippen LogP) is 2.23. The zero-order valence-corrected chi connectivity index (χ0v) is 17.5. The molecule has 3 aliphatic rings. The lowest BCUT2D eigenvalue weighted by Crippen LogP contribution is -2.69. The highest BCUT2D eigenvalue weighted by atomic mass is 35.5. The third-order valence-electron chi connectivity index (χ3n) is 6.41. The zero-order chi connectivity index (χ0) is 20.4. The zero-order valence-electron chi connectivity index (χ0n) is 16.7. The second-order valence-corrected chi connectivity index (χ2v) is 8.72. The molecule has 4 N–H and O–H groups in total. The van der Waals surface area contributed by atoms with Gasteiger partial charge < -0.3 is 10.1 Å². The Morgan fingerprint density at radius 1 is 1.36 bits per heavy atom. The minimum atomic E-state index is -1.46. The Kier molecular flexibility index (Phi) is 6.66. The van der Waals surface area contributed by atoms with Crippen LogP contribution in [0.25, 0.3) is 0 Å². The van der Waals surface area contributed by atoms with Crippen molar-refractivity contribution in [1.29, 1.82) is 0 Å². The molecule has 3 rings (SSSR count). The Hall–Kier alpha value is -1.19. The van der Waals surface area contributed by atoms with Crippen LogP contribution in [0, 0.1) is 10.1 Å². The number of nitrogens with one attached hydrogen (secondary N) is 2. The van der Waals surface area contributed by atoms with E-state index in [0.717, 1.165) is 58.2 Å². The van der Waals surface area contributed by atoms with Gasteiger partial charge in [-0.3, -0.25) is 26.1 Å². The first-order valence-electron chi connectivity index (χ1n) is 10.2. The lowest BCUT2D eigenvalue weighted by molar-refractivity contribution is -0.437. The van der Waals surface area contributed by atoms with Crippen LogP contribution in [0.5, 0.6) is 0 Å². The molecule has 0 spiro atoms. The largest absolute Gasteiger partial charge is 0.379 e. The Morgan fingerprint density at radius 3 is 2.57 bits per heavy atom.